The summed E-state index contributed by atoms with van der Waals surface area (Å²) in [7, 11) is -3.34. The molecular formula is C25H31N3O4S. The quantitative estimate of drug-likeness (QED) is 0.622. The van der Waals surface area contributed by atoms with Crippen molar-refractivity contribution in [2.45, 2.75) is 27.2 Å². The molecule has 0 bridgehead atoms. The molecule has 1 fully saturated rings. The first-order valence-corrected chi connectivity index (χ1v) is 12.9. The van der Waals surface area contributed by atoms with Gasteiger partial charge in [-0.1, -0.05) is 32.0 Å². The van der Waals surface area contributed by atoms with Gasteiger partial charge in [-0.05, 0) is 66.6 Å². The van der Waals surface area contributed by atoms with Crippen molar-refractivity contribution >= 4 is 39.3 Å². The normalized spacial score (nSPS) is 18.8. The molecule has 33 heavy (non-hydrogen) atoms. The predicted octanol–water partition coefficient (Wildman–Crippen LogP) is 4.14. The van der Waals surface area contributed by atoms with Crippen molar-refractivity contribution < 1.29 is 18.0 Å². The molecule has 2 N–H and O–H groups in total. The van der Waals surface area contributed by atoms with Gasteiger partial charge in [0.15, 0.2) is 0 Å². The van der Waals surface area contributed by atoms with Crippen LogP contribution in [0.4, 0.5) is 11.4 Å². The molecule has 0 spiro atoms. The van der Waals surface area contributed by atoms with Gasteiger partial charge in [-0.3, -0.25) is 14.3 Å². The SMILES string of the molecule is Cc1ccc(C(=O)N2CC(C)CC(C)C2)cc1NC(=O)C=Cc1ccc(NS(C)(=O)=O)cc1. The van der Waals surface area contributed by atoms with Crippen LogP contribution in [0.1, 0.15) is 41.8 Å². The van der Waals surface area contributed by atoms with Crippen LogP contribution in [0.15, 0.2) is 48.5 Å². The molecule has 2 aromatic carbocycles. The number of benzene rings is 2. The van der Waals surface area contributed by atoms with Crippen LogP contribution in [0.25, 0.3) is 6.08 Å². The molecule has 8 heteroatoms. The van der Waals surface area contributed by atoms with E-state index in [1.54, 1.807) is 42.5 Å². The lowest BCUT2D eigenvalue weighted by Crippen LogP contribution is -2.42. The maximum atomic E-state index is 13.0. The Bertz CT molecular complexity index is 1150. The van der Waals surface area contributed by atoms with Crippen LogP contribution in [-0.2, 0) is 14.8 Å². The molecule has 2 aromatic rings. The summed E-state index contributed by atoms with van der Waals surface area (Å²) in [6, 6.07) is 12.1. The van der Waals surface area contributed by atoms with Crippen LogP contribution in [0.5, 0.6) is 0 Å². The predicted molar refractivity (Wildman–Crippen MR) is 133 cm³/mol. The van der Waals surface area contributed by atoms with Crippen molar-refractivity contribution in [2.24, 2.45) is 11.8 Å². The zero-order valence-corrected chi connectivity index (χ0v) is 20.3. The van der Waals surface area contributed by atoms with Crippen LogP contribution < -0.4 is 10.0 Å². The first-order valence-electron chi connectivity index (χ1n) is 11.0. The minimum Gasteiger partial charge on any atom is -0.338 e. The number of carbonyl (C=O) groups is 2. The van der Waals surface area contributed by atoms with E-state index in [2.05, 4.69) is 23.9 Å². The summed E-state index contributed by atoms with van der Waals surface area (Å²) in [6.45, 7) is 7.71. The summed E-state index contributed by atoms with van der Waals surface area (Å²) >= 11 is 0. The number of likely N-dealkylation sites (tertiary alicyclic amines) is 1. The molecule has 7 nitrogen and oxygen atoms in total. The van der Waals surface area contributed by atoms with E-state index in [9.17, 15) is 18.0 Å². The number of carbonyl (C=O) groups excluding carboxylic acids is 2. The van der Waals surface area contributed by atoms with Gasteiger partial charge in [0.1, 0.15) is 0 Å². The Morgan fingerprint density at radius 3 is 2.27 bits per heavy atom. The Morgan fingerprint density at radius 1 is 1.03 bits per heavy atom. The van der Waals surface area contributed by atoms with Crippen molar-refractivity contribution in [3.05, 3.63) is 65.2 Å². The topological polar surface area (TPSA) is 95.6 Å². The molecule has 1 heterocycles. The van der Waals surface area contributed by atoms with Crippen molar-refractivity contribution in [3.8, 4) is 0 Å². The Kier molecular flexibility index (Phi) is 7.58. The fourth-order valence-corrected chi connectivity index (χ4v) is 4.69. The molecular weight excluding hydrogens is 438 g/mol. The van der Waals surface area contributed by atoms with Gasteiger partial charge in [0, 0.05) is 36.1 Å². The number of sulfonamides is 1. The molecule has 176 valence electrons. The second-order valence-corrected chi connectivity index (χ2v) is 10.8. The van der Waals surface area contributed by atoms with Gasteiger partial charge in [0.25, 0.3) is 5.91 Å². The Hall–Kier alpha value is -3.13. The van der Waals surface area contributed by atoms with Crippen molar-refractivity contribution in [2.75, 3.05) is 29.4 Å². The lowest BCUT2D eigenvalue weighted by atomic mass is 9.91. The number of piperidine rings is 1. The summed E-state index contributed by atoms with van der Waals surface area (Å²) in [6.07, 6.45) is 5.26. The van der Waals surface area contributed by atoms with Crippen molar-refractivity contribution in [3.63, 3.8) is 0 Å². The largest absolute Gasteiger partial charge is 0.338 e. The average Bonchev–Trinajstić information content (AvgIpc) is 2.72. The summed E-state index contributed by atoms with van der Waals surface area (Å²) in [5.74, 6) is 0.621. The van der Waals surface area contributed by atoms with E-state index in [0.717, 1.165) is 36.9 Å². The fraction of sp³-hybridized carbons (Fsp3) is 0.360. The van der Waals surface area contributed by atoms with Crippen LogP contribution >= 0.6 is 0 Å². The first-order chi connectivity index (χ1) is 15.5. The lowest BCUT2D eigenvalue weighted by Gasteiger charge is -2.35. The second kappa shape index (κ2) is 10.2. The van der Waals surface area contributed by atoms with E-state index in [4.69, 9.17) is 0 Å². The molecule has 2 unspecified atom stereocenters. The zero-order valence-electron chi connectivity index (χ0n) is 19.5. The highest BCUT2D eigenvalue weighted by molar-refractivity contribution is 7.92. The van der Waals surface area contributed by atoms with Crippen LogP contribution in [0, 0.1) is 18.8 Å². The minimum atomic E-state index is -3.34. The lowest BCUT2D eigenvalue weighted by molar-refractivity contribution is -0.111. The summed E-state index contributed by atoms with van der Waals surface area (Å²) in [4.78, 5) is 27.4. The number of nitrogens with zero attached hydrogens (tertiary/aromatic N) is 1. The van der Waals surface area contributed by atoms with E-state index in [1.807, 2.05) is 17.9 Å². The maximum absolute atomic E-state index is 13.0. The number of anilines is 2. The number of aryl methyl sites for hydroxylation is 1. The standard InChI is InChI=1S/C25H31N3O4S/c1-17-13-18(2)16-28(15-17)25(30)21-9-5-19(3)23(14-21)26-24(29)12-8-20-6-10-22(11-7-20)27-33(4,31)32/h5-12,14,17-18,27H,13,15-16H2,1-4H3,(H,26,29). The van der Waals surface area contributed by atoms with Crippen LogP contribution in [0.3, 0.4) is 0 Å². The van der Waals surface area contributed by atoms with Gasteiger partial charge in [0.2, 0.25) is 15.9 Å². The van der Waals surface area contributed by atoms with E-state index in [0.29, 0.717) is 28.8 Å². The molecule has 1 aliphatic heterocycles. The van der Waals surface area contributed by atoms with Crippen LogP contribution in [-0.4, -0.2) is 44.5 Å². The number of amides is 2. The average molecular weight is 470 g/mol. The number of hydrogen-bond acceptors (Lipinski definition) is 4. The zero-order chi connectivity index (χ0) is 24.2. The summed E-state index contributed by atoms with van der Waals surface area (Å²) < 4.78 is 25.0. The highest BCUT2D eigenvalue weighted by Gasteiger charge is 2.26. The minimum absolute atomic E-state index is 0.0118. The third-order valence-corrected chi connectivity index (χ3v) is 6.15. The third kappa shape index (κ3) is 7.18. The van der Waals surface area contributed by atoms with E-state index >= 15 is 0 Å². The second-order valence-electron chi connectivity index (χ2n) is 9.00. The third-order valence-electron chi connectivity index (χ3n) is 5.54. The molecule has 2 amide bonds. The molecule has 1 aliphatic rings. The molecule has 0 radical (unpaired) electrons. The smallest absolute Gasteiger partial charge is 0.253 e. The van der Waals surface area contributed by atoms with Gasteiger partial charge >= 0.3 is 0 Å². The van der Waals surface area contributed by atoms with Gasteiger partial charge in [0.05, 0.1) is 6.26 Å². The van der Waals surface area contributed by atoms with E-state index in [-0.39, 0.29) is 11.8 Å². The summed E-state index contributed by atoms with van der Waals surface area (Å²) in [5.41, 5.74) is 3.23. The van der Waals surface area contributed by atoms with Gasteiger partial charge in [-0.2, -0.15) is 0 Å². The van der Waals surface area contributed by atoms with Gasteiger partial charge < -0.3 is 10.2 Å². The summed E-state index contributed by atoms with van der Waals surface area (Å²) in [5, 5.41) is 2.85. The molecule has 1 saturated heterocycles. The van der Waals surface area contributed by atoms with E-state index < -0.39 is 10.0 Å². The fourth-order valence-electron chi connectivity index (χ4n) is 4.12. The Labute approximate surface area is 195 Å². The maximum Gasteiger partial charge on any atom is 0.253 e. The molecule has 0 aromatic heterocycles. The van der Waals surface area contributed by atoms with Crippen molar-refractivity contribution in [1.82, 2.24) is 4.90 Å². The highest BCUT2D eigenvalue weighted by atomic mass is 32.2. The highest BCUT2D eigenvalue weighted by Crippen LogP contribution is 2.24. The first kappa shape index (κ1) is 24.5. The van der Waals surface area contributed by atoms with Crippen LogP contribution in [0.2, 0.25) is 0 Å². The number of rotatable bonds is 6. The Morgan fingerprint density at radius 2 is 1.67 bits per heavy atom. The van der Waals surface area contributed by atoms with Gasteiger partial charge in [-0.15, -0.1) is 0 Å². The monoisotopic (exact) mass is 469 g/mol. The van der Waals surface area contributed by atoms with Gasteiger partial charge in [-0.25, -0.2) is 8.42 Å². The van der Waals surface area contributed by atoms with Crippen molar-refractivity contribution in [1.29, 1.82) is 0 Å². The van der Waals surface area contributed by atoms with E-state index in [1.165, 1.54) is 6.08 Å². The molecule has 2 atom stereocenters. The molecule has 3 rings (SSSR count). The number of hydrogen-bond donors (Lipinski definition) is 2. The number of nitrogens with one attached hydrogen (secondary N) is 2. The molecule has 0 saturated carbocycles. The Balaban J connectivity index is 1.66. The molecule has 0 aliphatic carbocycles.